The highest BCUT2D eigenvalue weighted by Crippen LogP contribution is 2.51. The van der Waals surface area contributed by atoms with Gasteiger partial charge in [-0.05, 0) is 12.8 Å². The van der Waals surface area contributed by atoms with E-state index in [1.165, 1.54) is 0 Å². The fourth-order valence-electron chi connectivity index (χ4n) is 1.27. The molecule has 1 spiro atoms. The third kappa shape index (κ3) is 0.347. The fourth-order valence-corrected chi connectivity index (χ4v) is 1.27. The standard InChI is InChI=1S/C7H8O/c8-6-2-1-3-7(6)4-5-7/h1,3H,2,4-5H2. The summed E-state index contributed by atoms with van der Waals surface area (Å²) < 4.78 is 0. The molecule has 42 valence electrons. The Kier molecular flexibility index (Phi) is 0.561. The Labute approximate surface area is 48.4 Å². The molecule has 1 heteroatoms. The van der Waals surface area contributed by atoms with E-state index in [0.717, 1.165) is 12.8 Å². The summed E-state index contributed by atoms with van der Waals surface area (Å²) in [7, 11) is 0. The molecule has 2 rings (SSSR count). The molecule has 0 radical (unpaired) electrons. The van der Waals surface area contributed by atoms with Crippen LogP contribution in [0.1, 0.15) is 19.3 Å². The van der Waals surface area contributed by atoms with Gasteiger partial charge in [0.15, 0.2) is 0 Å². The van der Waals surface area contributed by atoms with Gasteiger partial charge in [0, 0.05) is 11.8 Å². The molecule has 0 atom stereocenters. The SMILES string of the molecule is O=C1CC=CC12CC2. The van der Waals surface area contributed by atoms with Gasteiger partial charge >= 0.3 is 0 Å². The predicted octanol–water partition coefficient (Wildman–Crippen LogP) is 1.30. The Morgan fingerprint density at radius 3 is 2.50 bits per heavy atom. The lowest BCUT2D eigenvalue weighted by molar-refractivity contribution is -0.120. The second-order valence-electron chi connectivity index (χ2n) is 2.69. The van der Waals surface area contributed by atoms with Crippen molar-refractivity contribution in [3.63, 3.8) is 0 Å². The van der Waals surface area contributed by atoms with E-state index in [4.69, 9.17) is 0 Å². The number of rotatable bonds is 0. The number of hydrogen-bond donors (Lipinski definition) is 0. The molecule has 1 saturated carbocycles. The minimum atomic E-state index is 0.0833. The maximum Gasteiger partial charge on any atom is 0.146 e. The van der Waals surface area contributed by atoms with Crippen LogP contribution in [0.3, 0.4) is 0 Å². The fraction of sp³-hybridized carbons (Fsp3) is 0.571. The van der Waals surface area contributed by atoms with E-state index in [0.29, 0.717) is 12.2 Å². The monoisotopic (exact) mass is 108 g/mol. The topological polar surface area (TPSA) is 17.1 Å². The summed E-state index contributed by atoms with van der Waals surface area (Å²) in [6.07, 6.45) is 7.00. The van der Waals surface area contributed by atoms with Crippen molar-refractivity contribution in [3.8, 4) is 0 Å². The molecular weight excluding hydrogens is 100 g/mol. The minimum absolute atomic E-state index is 0.0833. The molecule has 0 N–H and O–H groups in total. The van der Waals surface area contributed by atoms with E-state index in [1.54, 1.807) is 0 Å². The van der Waals surface area contributed by atoms with Gasteiger partial charge in [-0.15, -0.1) is 0 Å². The normalized spacial score (nSPS) is 29.8. The second kappa shape index (κ2) is 1.04. The summed E-state index contributed by atoms with van der Waals surface area (Å²) in [5, 5.41) is 0. The Balaban J connectivity index is 2.35. The molecule has 0 aromatic rings. The first-order chi connectivity index (χ1) is 3.83. The van der Waals surface area contributed by atoms with Gasteiger partial charge in [0.05, 0.1) is 0 Å². The highest BCUT2D eigenvalue weighted by molar-refractivity contribution is 5.93. The average Bonchev–Trinajstić information content (AvgIpc) is 2.39. The molecule has 1 nitrogen and oxygen atoms in total. The molecule has 0 saturated heterocycles. The molecule has 0 aromatic heterocycles. The zero-order valence-corrected chi connectivity index (χ0v) is 4.68. The van der Waals surface area contributed by atoms with Crippen molar-refractivity contribution in [1.82, 2.24) is 0 Å². The van der Waals surface area contributed by atoms with Gasteiger partial charge in [-0.2, -0.15) is 0 Å². The highest BCUT2D eigenvalue weighted by atomic mass is 16.1. The average molecular weight is 108 g/mol. The number of allylic oxidation sites excluding steroid dienone is 2. The lowest BCUT2D eigenvalue weighted by Crippen LogP contribution is -2.05. The first-order valence-corrected chi connectivity index (χ1v) is 3.05. The summed E-state index contributed by atoms with van der Waals surface area (Å²) in [4.78, 5) is 10.9. The van der Waals surface area contributed by atoms with Gasteiger partial charge in [0.2, 0.25) is 0 Å². The van der Waals surface area contributed by atoms with Crippen LogP contribution in [0.2, 0.25) is 0 Å². The third-order valence-electron chi connectivity index (χ3n) is 2.08. The van der Waals surface area contributed by atoms with Crippen LogP contribution in [-0.2, 0) is 4.79 Å². The van der Waals surface area contributed by atoms with Gasteiger partial charge in [-0.1, -0.05) is 12.2 Å². The van der Waals surface area contributed by atoms with Gasteiger partial charge in [-0.25, -0.2) is 0 Å². The molecule has 2 aliphatic carbocycles. The molecule has 1 fully saturated rings. The molecule has 2 aliphatic rings. The molecule has 8 heavy (non-hydrogen) atoms. The van der Waals surface area contributed by atoms with Gasteiger partial charge in [-0.3, -0.25) is 4.79 Å². The Morgan fingerprint density at radius 2 is 2.25 bits per heavy atom. The van der Waals surface area contributed by atoms with E-state index in [-0.39, 0.29) is 5.41 Å². The van der Waals surface area contributed by atoms with Crippen molar-refractivity contribution in [1.29, 1.82) is 0 Å². The van der Waals surface area contributed by atoms with Crippen molar-refractivity contribution >= 4 is 5.78 Å². The predicted molar refractivity (Wildman–Crippen MR) is 30.4 cm³/mol. The van der Waals surface area contributed by atoms with Crippen LogP contribution in [0.15, 0.2) is 12.2 Å². The van der Waals surface area contributed by atoms with Crippen molar-refractivity contribution in [2.24, 2.45) is 5.41 Å². The molecule has 0 bridgehead atoms. The lowest BCUT2D eigenvalue weighted by atomic mass is 10.1. The minimum Gasteiger partial charge on any atom is -0.298 e. The summed E-state index contributed by atoms with van der Waals surface area (Å²) >= 11 is 0. The van der Waals surface area contributed by atoms with Crippen LogP contribution in [0, 0.1) is 5.41 Å². The van der Waals surface area contributed by atoms with Crippen molar-refractivity contribution in [2.75, 3.05) is 0 Å². The van der Waals surface area contributed by atoms with Crippen LogP contribution in [0.25, 0.3) is 0 Å². The van der Waals surface area contributed by atoms with Crippen molar-refractivity contribution in [2.45, 2.75) is 19.3 Å². The largest absolute Gasteiger partial charge is 0.298 e. The summed E-state index contributed by atoms with van der Waals surface area (Å²) in [5.41, 5.74) is 0.0833. The van der Waals surface area contributed by atoms with Crippen LogP contribution < -0.4 is 0 Å². The van der Waals surface area contributed by atoms with Gasteiger partial charge in [0.1, 0.15) is 5.78 Å². The first kappa shape index (κ1) is 4.30. The lowest BCUT2D eigenvalue weighted by Gasteiger charge is -1.95. The molecule has 0 unspecified atom stereocenters. The highest BCUT2D eigenvalue weighted by Gasteiger charge is 2.48. The van der Waals surface area contributed by atoms with E-state index < -0.39 is 0 Å². The first-order valence-electron chi connectivity index (χ1n) is 3.05. The van der Waals surface area contributed by atoms with Crippen LogP contribution in [0.5, 0.6) is 0 Å². The van der Waals surface area contributed by atoms with Crippen LogP contribution >= 0.6 is 0 Å². The zero-order chi connectivity index (χ0) is 5.61. The number of Topliss-reactive ketones (excluding diaryl/α,β-unsaturated/α-hetero) is 1. The van der Waals surface area contributed by atoms with Gasteiger partial charge < -0.3 is 0 Å². The number of hydrogen-bond acceptors (Lipinski definition) is 1. The summed E-state index contributed by atoms with van der Waals surface area (Å²) in [6.45, 7) is 0. The smallest absolute Gasteiger partial charge is 0.146 e. The van der Waals surface area contributed by atoms with E-state index in [1.807, 2.05) is 6.08 Å². The number of carbonyl (C=O) groups is 1. The quantitative estimate of drug-likeness (QED) is 0.427. The summed E-state index contributed by atoms with van der Waals surface area (Å²) in [6, 6.07) is 0. The molecule has 0 aliphatic heterocycles. The van der Waals surface area contributed by atoms with Crippen LogP contribution in [0.4, 0.5) is 0 Å². The Bertz CT molecular complexity index is 163. The number of carbonyl (C=O) groups excluding carboxylic acids is 1. The molecule has 0 heterocycles. The third-order valence-corrected chi connectivity index (χ3v) is 2.08. The Morgan fingerprint density at radius 1 is 1.50 bits per heavy atom. The number of ketones is 1. The maximum absolute atomic E-state index is 10.9. The van der Waals surface area contributed by atoms with Crippen molar-refractivity contribution < 1.29 is 4.79 Å². The second-order valence-corrected chi connectivity index (χ2v) is 2.69. The van der Waals surface area contributed by atoms with E-state index in [9.17, 15) is 4.79 Å². The van der Waals surface area contributed by atoms with Crippen molar-refractivity contribution in [3.05, 3.63) is 12.2 Å². The molecule has 0 amide bonds. The summed E-state index contributed by atoms with van der Waals surface area (Å²) in [5.74, 6) is 0.442. The maximum atomic E-state index is 10.9. The van der Waals surface area contributed by atoms with Gasteiger partial charge in [0.25, 0.3) is 0 Å². The molecular formula is C7H8O. The Hall–Kier alpha value is -0.590. The van der Waals surface area contributed by atoms with Crippen LogP contribution in [-0.4, -0.2) is 5.78 Å². The van der Waals surface area contributed by atoms with E-state index >= 15 is 0 Å². The van der Waals surface area contributed by atoms with E-state index in [2.05, 4.69) is 6.08 Å². The molecule has 0 aromatic carbocycles. The zero-order valence-electron chi connectivity index (χ0n) is 4.68.